The Kier molecular flexibility index (Phi) is 5.31. The van der Waals surface area contributed by atoms with Crippen molar-refractivity contribution in [3.63, 3.8) is 0 Å². The molecular weight excluding hydrogens is 363 g/mol. The third kappa shape index (κ3) is 4.15. The molecule has 0 saturated carbocycles. The number of carbonyl (C=O) groups is 2. The average Bonchev–Trinajstić information content (AvgIpc) is 2.63. The molecule has 1 aromatic carbocycles. The summed E-state index contributed by atoms with van der Waals surface area (Å²) in [5, 5.41) is 8.17. The predicted octanol–water partition coefficient (Wildman–Crippen LogP) is 3.08. The van der Waals surface area contributed by atoms with Crippen LogP contribution in [-0.4, -0.2) is 40.1 Å². The van der Waals surface area contributed by atoms with Crippen molar-refractivity contribution in [1.29, 1.82) is 0 Å². The monoisotopic (exact) mass is 376 g/mol. The van der Waals surface area contributed by atoms with Crippen molar-refractivity contribution in [1.82, 2.24) is 15.3 Å². The van der Waals surface area contributed by atoms with Crippen molar-refractivity contribution in [2.45, 2.75) is 11.9 Å². The number of aromatic nitrogens is 1. The second kappa shape index (κ2) is 7.63. The molecule has 1 aliphatic heterocycles. The standard InChI is InChI=1S/C17H14Cl2N4O2/c18-14-6-5-13(10-21-14)16(24)12-3-1-11(2-4-12)9-15(19)23-17(25)20-7-8-22-23/h1-6,8,10,15H,7,9H2,(H,20,25). The first-order chi connectivity index (χ1) is 12.0. The molecule has 2 aromatic rings. The van der Waals surface area contributed by atoms with Gasteiger partial charge in [0.2, 0.25) is 0 Å². The number of amides is 2. The van der Waals surface area contributed by atoms with Crippen molar-refractivity contribution in [3.05, 3.63) is 64.4 Å². The summed E-state index contributed by atoms with van der Waals surface area (Å²) in [5.41, 5.74) is 1.28. The van der Waals surface area contributed by atoms with Crippen LogP contribution >= 0.6 is 23.2 Å². The number of nitrogens with zero attached hydrogens (tertiary/aromatic N) is 3. The third-order valence-corrected chi connectivity index (χ3v) is 4.20. The van der Waals surface area contributed by atoms with E-state index in [9.17, 15) is 9.59 Å². The van der Waals surface area contributed by atoms with Crippen LogP contribution in [0.3, 0.4) is 0 Å². The topological polar surface area (TPSA) is 74.7 Å². The van der Waals surface area contributed by atoms with Gasteiger partial charge in [-0.15, -0.1) is 0 Å². The van der Waals surface area contributed by atoms with Gasteiger partial charge in [-0.3, -0.25) is 4.79 Å². The van der Waals surface area contributed by atoms with Gasteiger partial charge in [0.1, 0.15) is 10.7 Å². The maximum absolute atomic E-state index is 12.4. The summed E-state index contributed by atoms with van der Waals surface area (Å²) in [4.78, 5) is 28.0. The number of nitrogens with one attached hydrogen (secondary N) is 1. The largest absolute Gasteiger partial charge is 0.339 e. The third-order valence-electron chi connectivity index (χ3n) is 3.63. The quantitative estimate of drug-likeness (QED) is 0.377. The van der Waals surface area contributed by atoms with Crippen molar-refractivity contribution >= 4 is 41.2 Å². The fourth-order valence-electron chi connectivity index (χ4n) is 2.34. The minimum Gasteiger partial charge on any atom is -0.331 e. The minimum absolute atomic E-state index is 0.141. The van der Waals surface area contributed by atoms with E-state index in [1.807, 2.05) is 0 Å². The first-order valence-corrected chi connectivity index (χ1v) is 8.35. The number of benzene rings is 1. The van der Waals surface area contributed by atoms with Crippen molar-refractivity contribution in [2.24, 2.45) is 5.10 Å². The van der Waals surface area contributed by atoms with E-state index in [-0.39, 0.29) is 11.8 Å². The Balaban J connectivity index is 1.68. The SMILES string of the molecule is O=C(c1ccc(CC(Cl)N2N=CCNC2=O)cc1)c1ccc(Cl)nc1. The molecule has 0 saturated heterocycles. The molecule has 8 heteroatoms. The van der Waals surface area contributed by atoms with Gasteiger partial charge in [-0.1, -0.05) is 47.5 Å². The zero-order valence-electron chi connectivity index (χ0n) is 13.0. The van der Waals surface area contributed by atoms with Crippen LogP contribution in [0.25, 0.3) is 0 Å². The molecule has 0 bridgehead atoms. The molecule has 1 unspecified atom stereocenters. The lowest BCUT2D eigenvalue weighted by molar-refractivity contribution is 0.103. The Morgan fingerprint density at radius 3 is 2.56 bits per heavy atom. The number of hydrazone groups is 1. The Hall–Kier alpha value is -2.44. The van der Waals surface area contributed by atoms with Crippen molar-refractivity contribution in [2.75, 3.05) is 6.54 Å². The fourth-order valence-corrected chi connectivity index (χ4v) is 2.77. The number of pyridine rings is 1. The van der Waals surface area contributed by atoms with E-state index in [0.717, 1.165) is 5.56 Å². The molecule has 2 amide bonds. The Morgan fingerprint density at radius 1 is 1.20 bits per heavy atom. The van der Waals surface area contributed by atoms with Crippen LogP contribution in [0.1, 0.15) is 21.5 Å². The van der Waals surface area contributed by atoms with E-state index in [0.29, 0.717) is 29.2 Å². The van der Waals surface area contributed by atoms with Crippen LogP contribution in [0.4, 0.5) is 4.79 Å². The number of urea groups is 1. The minimum atomic E-state index is -0.612. The normalized spacial score (nSPS) is 15.0. The van der Waals surface area contributed by atoms with Gasteiger partial charge in [-0.05, 0) is 17.7 Å². The predicted molar refractivity (Wildman–Crippen MR) is 96.2 cm³/mol. The highest BCUT2D eigenvalue weighted by atomic mass is 35.5. The lowest BCUT2D eigenvalue weighted by Crippen LogP contribution is -2.45. The van der Waals surface area contributed by atoms with Gasteiger partial charge in [0.25, 0.3) is 0 Å². The number of hydrogen-bond donors (Lipinski definition) is 1. The molecule has 0 spiro atoms. The zero-order chi connectivity index (χ0) is 17.8. The number of halogens is 2. The maximum atomic E-state index is 12.4. The number of alkyl halides is 1. The van der Waals surface area contributed by atoms with Gasteiger partial charge in [0.05, 0.1) is 6.54 Å². The van der Waals surface area contributed by atoms with Crippen molar-refractivity contribution in [3.8, 4) is 0 Å². The van der Waals surface area contributed by atoms with Gasteiger partial charge in [0.15, 0.2) is 5.78 Å². The second-order valence-corrected chi connectivity index (χ2v) is 6.25. The first kappa shape index (κ1) is 17.4. The summed E-state index contributed by atoms with van der Waals surface area (Å²) < 4.78 is 0. The van der Waals surface area contributed by atoms with Crippen LogP contribution in [0.5, 0.6) is 0 Å². The van der Waals surface area contributed by atoms with Gasteiger partial charge >= 0.3 is 6.03 Å². The summed E-state index contributed by atoms with van der Waals surface area (Å²) in [6, 6.07) is 9.92. The van der Waals surface area contributed by atoms with E-state index in [4.69, 9.17) is 23.2 Å². The average molecular weight is 377 g/mol. The number of ketones is 1. The lowest BCUT2D eigenvalue weighted by atomic mass is 10.0. The maximum Gasteiger partial charge on any atom is 0.339 e. The lowest BCUT2D eigenvalue weighted by Gasteiger charge is -2.25. The van der Waals surface area contributed by atoms with Crippen LogP contribution in [0.15, 0.2) is 47.7 Å². The molecule has 2 heterocycles. The molecule has 1 N–H and O–H groups in total. The number of carbonyl (C=O) groups excluding carboxylic acids is 2. The van der Waals surface area contributed by atoms with Gasteiger partial charge in [-0.25, -0.2) is 9.78 Å². The van der Waals surface area contributed by atoms with Crippen LogP contribution in [0, 0.1) is 0 Å². The number of hydrogen-bond acceptors (Lipinski definition) is 4. The van der Waals surface area contributed by atoms with Gasteiger partial charge < -0.3 is 5.32 Å². The summed E-state index contributed by atoms with van der Waals surface area (Å²) in [5.74, 6) is -0.141. The van der Waals surface area contributed by atoms with E-state index in [1.54, 1.807) is 42.6 Å². The molecule has 128 valence electrons. The molecule has 25 heavy (non-hydrogen) atoms. The van der Waals surface area contributed by atoms with E-state index in [1.165, 1.54) is 11.2 Å². The number of rotatable bonds is 5. The molecule has 3 rings (SSSR count). The van der Waals surface area contributed by atoms with Crippen LogP contribution in [-0.2, 0) is 6.42 Å². The smallest absolute Gasteiger partial charge is 0.331 e. The molecule has 0 aliphatic carbocycles. The van der Waals surface area contributed by atoms with E-state index >= 15 is 0 Å². The summed E-state index contributed by atoms with van der Waals surface area (Å²) in [6.45, 7) is 0.398. The molecular formula is C17H14Cl2N4O2. The molecule has 0 fully saturated rings. The second-order valence-electron chi connectivity index (χ2n) is 5.36. The van der Waals surface area contributed by atoms with Gasteiger partial charge in [-0.2, -0.15) is 10.1 Å². The highest BCUT2D eigenvalue weighted by Gasteiger charge is 2.23. The van der Waals surface area contributed by atoms with Crippen LogP contribution < -0.4 is 5.32 Å². The van der Waals surface area contributed by atoms with Crippen molar-refractivity contribution < 1.29 is 9.59 Å². The summed E-state index contributed by atoms with van der Waals surface area (Å²) in [7, 11) is 0. The molecule has 0 radical (unpaired) electrons. The summed E-state index contributed by atoms with van der Waals surface area (Å²) in [6.07, 6.45) is 3.43. The molecule has 1 aliphatic rings. The van der Waals surface area contributed by atoms with Crippen LogP contribution in [0.2, 0.25) is 5.15 Å². The Labute approximate surface area is 154 Å². The Bertz CT molecular complexity index is 806. The Morgan fingerprint density at radius 2 is 1.92 bits per heavy atom. The highest BCUT2D eigenvalue weighted by molar-refractivity contribution is 6.29. The van der Waals surface area contributed by atoms with E-state index in [2.05, 4.69) is 15.4 Å². The molecule has 1 atom stereocenters. The van der Waals surface area contributed by atoms with Gasteiger partial charge in [0, 0.05) is 30.0 Å². The highest BCUT2D eigenvalue weighted by Crippen LogP contribution is 2.17. The molecule has 1 aromatic heterocycles. The van der Waals surface area contributed by atoms with E-state index < -0.39 is 5.50 Å². The summed E-state index contributed by atoms with van der Waals surface area (Å²) >= 11 is 12.0. The fraction of sp³-hybridized carbons (Fsp3) is 0.176. The zero-order valence-corrected chi connectivity index (χ0v) is 14.5. The first-order valence-electron chi connectivity index (χ1n) is 7.53. The molecule has 6 nitrogen and oxygen atoms in total.